The molecule has 1 N–H and O–H groups in total. The van der Waals surface area contributed by atoms with Crippen molar-refractivity contribution < 1.29 is 9.90 Å². The molecule has 0 aliphatic heterocycles. The second kappa shape index (κ2) is 3.96. The van der Waals surface area contributed by atoms with Gasteiger partial charge in [-0.2, -0.15) is 0 Å². The second-order valence-corrected chi connectivity index (χ2v) is 5.07. The molecule has 1 aromatic rings. The monoisotopic (exact) mass is 210 g/mol. The summed E-state index contributed by atoms with van der Waals surface area (Å²) >= 11 is 1.41. The molecule has 14 heavy (non-hydrogen) atoms. The average molecular weight is 210 g/mol. The molecule has 0 spiro atoms. The van der Waals surface area contributed by atoms with Crippen molar-refractivity contribution in [3.63, 3.8) is 0 Å². The standard InChI is InChI=1S/C11H14O2S/c1-11(2,3)10(13)7-8(12)9-5-4-6-14-9/h4-7,12H,1-3H3/b8-7-. The summed E-state index contributed by atoms with van der Waals surface area (Å²) in [6.45, 7) is 5.48. The Hall–Kier alpha value is -1.09. The van der Waals surface area contributed by atoms with E-state index in [4.69, 9.17) is 0 Å². The maximum absolute atomic E-state index is 11.5. The van der Waals surface area contributed by atoms with Crippen LogP contribution in [0.4, 0.5) is 0 Å². The van der Waals surface area contributed by atoms with Gasteiger partial charge in [-0.15, -0.1) is 11.3 Å². The molecule has 0 aliphatic carbocycles. The first kappa shape index (κ1) is 11.0. The van der Waals surface area contributed by atoms with Crippen molar-refractivity contribution in [2.45, 2.75) is 20.8 Å². The van der Waals surface area contributed by atoms with E-state index in [1.807, 2.05) is 32.2 Å². The lowest BCUT2D eigenvalue weighted by Gasteiger charge is -2.13. The van der Waals surface area contributed by atoms with Crippen molar-refractivity contribution in [3.8, 4) is 0 Å². The van der Waals surface area contributed by atoms with Gasteiger partial charge in [-0.3, -0.25) is 4.79 Å². The van der Waals surface area contributed by atoms with E-state index in [9.17, 15) is 9.90 Å². The fourth-order valence-electron chi connectivity index (χ4n) is 0.836. The third kappa shape index (κ3) is 2.70. The molecule has 1 aromatic heterocycles. The number of hydrogen-bond donors (Lipinski definition) is 1. The molecule has 0 bridgehead atoms. The highest BCUT2D eigenvalue weighted by atomic mass is 32.1. The summed E-state index contributed by atoms with van der Waals surface area (Å²) in [7, 11) is 0. The lowest BCUT2D eigenvalue weighted by atomic mass is 9.90. The van der Waals surface area contributed by atoms with Crippen molar-refractivity contribution in [1.82, 2.24) is 0 Å². The van der Waals surface area contributed by atoms with E-state index in [1.54, 1.807) is 6.07 Å². The summed E-state index contributed by atoms with van der Waals surface area (Å²) in [6, 6.07) is 3.62. The molecule has 0 saturated carbocycles. The number of rotatable bonds is 2. The highest BCUT2D eigenvalue weighted by Crippen LogP contribution is 2.21. The summed E-state index contributed by atoms with van der Waals surface area (Å²) in [4.78, 5) is 12.3. The van der Waals surface area contributed by atoms with Crippen LogP contribution >= 0.6 is 11.3 Å². The second-order valence-electron chi connectivity index (χ2n) is 4.12. The van der Waals surface area contributed by atoms with Crippen molar-refractivity contribution in [2.75, 3.05) is 0 Å². The van der Waals surface area contributed by atoms with Crippen molar-refractivity contribution in [1.29, 1.82) is 0 Å². The normalized spacial score (nSPS) is 12.9. The molecule has 0 atom stereocenters. The summed E-state index contributed by atoms with van der Waals surface area (Å²) in [5.41, 5.74) is -0.439. The number of aliphatic hydroxyl groups is 1. The predicted octanol–water partition coefficient (Wildman–Crippen LogP) is 3.26. The maximum Gasteiger partial charge on any atom is 0.164 e. The van der Waals surface area contributed by atoms with E-state index in [0.29, 0.717) is 0 Å². The zero-order valence-electron chi connectivity index (χ0n) is 8.57. The van der Waals surface area contributed by atoms with E-state index in [0.717, 1.165) is 4.88 Å². The van der Waals surface area contributed by atoms with Crippen LogP contribution in [-0.2, 0) is 4.79 Å². The zero-order chi connectivity index (χ0) is 10.8. The third-order valence-corrected chi connectivity index (χ3v) is 2.67. The van der Waals surface area contributed by atoms with Gasteiger partial charge in [0.2, 0.25) is 0 Å². The molecule has 0 amide bonds. The molecule has 0 aromatic carbocycles. The lowest BCUT2D eigenvalue weighted by Crippen LogP contribution is -2.17. The van der Waals surface area contributed by atoms with Gasteiger partial charge in [0.15, 0.2) is 5.78 Å². The molecule has 1 heterocycles. The number of hydrogen-bond acceptors (Lipinski definition) is 3. The van der Waals surface area contributed by atoms with Gasteiger partial charge in [-0.25, -0.2) is 0 Å². The molecule has 2 nitrogen and oxygen atoms in total. The Labute approximate surface area is 87.9 Å². The molecule has 0 saturated heterocycles. The maximum atomic E-state index is 11.5. The SMILES string of the molecule is CC(C)(C)C(=O)/C=C(\O)c1cccs1. The van der Waals surface area contributed by atoms with E-state index < -0.39 is 5.41 Å². The first-order chi connectivity index (χ1) is 6.41. The summed E-state index contributed by atoms with van der Waals surface area (Å²) in [5, 5.41) is 11.5. The van der Waals surface area contributed by atoms with Crippen molar-refractivity contribution in [3.05, 3.63) is 28.5 Å². The highest BCUT2D eigenvalue weighted by Gasteiger charge is 2.19. The van der Waals surface area contributed by atoms with Crippen LogP contribution in [0.5, 0.6) is 0 Å². The number of ketones is 1. The van der Waals surface area contributed by atoms with Gasteiger partial charge in [-0.05, 0) is 11.4 Å². The Kier molecular flexibility index (Phi) is 3.11. The number of carbonyl (C=O) groups excluding carboxylic acids is 1. The van der Waals surface area contributed by atoms with Crippen molar-refractivity contribution >= 4 is 22.9 Å². The molecule has 0 fully saturated rings. The van der Waals surface area contributed by atoms with Crippen LogP contribution in [0.1, 0.15) is 25.6 Å². The summed E-state index contributed by atoms with van der Waals surface area (Å²) < 4.78 is 0. The first-order valence-corrected chi connectivity index (χ1v) is 5.28. The Morgan fingerprint density at radius 1 is 1.50 bits per heavy atom. The number of carbonyl (C=O) groups is 1. The van der Waals surface area contributed by atoms with Gasteiger partial charge in [0.25, 0.3) is 0 Å². The Balaban J connectivity index is 2.85. The molecule has 3 heteroatoms. The van der Waals surface area contributed by atoms with E-state index in [2.05, 4.69) is 0 Å². The largest absolute Gasteiger partial charge is 0.506 e. The smallest absolute Gasteiger partial charge is 0.164 e. The molecule has 0 radical (unpaired) electrons. The Morgan fingerprint density at radius 3 is 2.57 bits per heavy atom. The van der Waals surface area contributed by atoms with Crippen LogP contribution in [-0.4, -0.2) is 10.9 Å². The minimum absolute atomic E-state index is 0.0555. The molecule has 0 aliphatic rings. The number of aliphatic hydroxyl groups excluding tert-OH is 1. The van der Waals surface area contributed by atoms with Crippen LogP contribution in [0.3, 0.4) is 0 Å². The number of thiophene rings is 1. The quantitative estimate of drug-likeness (QED) is 0.601. The average Bonchev–Trinajstić information content (AvgIpc) is 2.53. The van der Waals surface area contributed by atoms with Gasteiger partial charge in [-0.1, -0.05) is 26.8 Å². The van der Waals surface area contributed by atoms with E-state index in [1.165, 1.54) is 17.4 Å². The minimum atomic E-state index is -0.439. The molecular weight excluding hydrogens is 196 g/mol. The molecule has 0 unspecified atom stereocenters. The van der Waals surface area contributed by atoms with E-state index >= 15 is 0 Å². The molecule has 76 valence electrons. The third-order valence-electron chi connectivity index (χ3n) is 1.78. The Bertz CT molecular complexity index is 342. The van der Waals surface area contributed by atoms with Gasteiger partial charge in [0, 0.05) is 11.5 Å². The predicted molar refractivity (Wildman–Crippen MR) is 59.4 cm³/mol. The van der Waals surface area contributed by atoms with Crippen LogP contribution in [0.25, 0.3) is 5.76 Å². The lowest BCUT2D eigenvalue weighted by molar-refractivity contribution is -0.121. The van der Waals surface area contributed by atoms with Crippen LogP contribution in [0.15, 0.2) is 23.6 Å². The Morgan fingerprint density at radius 2 is 2.14 bits per heavy atom. The van der Waals surface area contributed by atoms with Gasteiger partial charge in [0.05, 0.1) is 4.88 Å². The summed E-state index contributed by atoms with van der Waals surface area (Å²) in [6.07, 6.45) is 1.30. The van der Waals surface area contributed by atoms with Gasteiger partial charge in [0.1, 0.15) is 5.76 Å². The van der Waals surface area contributed by atoms with Gasteiger partial charge < -0.3 is 5.11 Å². The van der Waals surface area contributed by atoms with Crippen LogP contribution in [0.2, 0.25) is 0 Å². The minimum Gasteiger partial charge on any atom is -0.506 e. The number of allylic oxidation sites excluding steroid dienone is 1. The fraction of sp³-hybridized carbons (Fsp3) is 0.364. The molecular formula is C11H14O2S. The fourth-order valence-corrected chi connectivity index (χ4v) is 1.48. The van der Waals surface area contributed by atoms with Gasteiger partial charge >= 0.3 is 0 Å². The van der Waals surface area contributed by atoms with E-state index in [-0.39, 0.29) is 11.5 Å². The van der Waals surface area contributed by atoms with Crippen molar-refractivity contribution in [2.24, 2.45) is 5.41 Å². The topological polar surface area (TPSA) is 37.3 Å². The molecule has 1 rings (SSSR count). The zero-order valence-corrected chi connectivity index (χ0v) is 9.39. The van der Waals surface area contributed by atoms with Crippen LogP contribution in [0, 0.1) is 5.41 Å². The summed E-state index contributed by atoms with van der Waals surface area (Å²) in [5.74, 6) is -0.0108. The first-order valence-electron chi connectivity index (χ1n) is 4.40. The van der Waals surface area contributed by atoms with Crippen LogP contribution < -0.4 is 0 Å². The highest BCUT2D eigenvalue weighted by molar-refractivity contribution is 7.11.